The molecule has 0 radical (unpaired) electrons. The number of carbonyl (C=O) groups excluding carboxylic acids is 1. The highest BCUT2D eigenvalue weighted by Gasteiger charge is 2.51. The average molecular weight is 317 g/mol. The number of hydrogen-bond donors (Lipinski definition) is 4. The van der Waals surface area contributed by atoms with E-state index in [9.17, 15) is 24.6 Å². The highest BCUT2D eigenvalue weighted by molar-refractivity contribution is 5.98. The van der Waals surface area contributed by atoms with E-state index < -0.39 is 35.4 Å². The normalized spacial score (nSPS) is 27.8. The maximum Gasteiger partial charge on any atom is 0.339 e. The second kappa shape index (κ2) is 5.42. The van der Waals surface area contributed by atoms with Gasteiger partial charge >= 0.3 is 11.9 Å². The number of amides is 1. The zero-order chi connectivity index (χ0) is 16.7. The number of phenols is 1. The third kappa shape index (κ3) is 2.54. The molecule has 0 aliphatic heterocycles. The molecule has 7 nitrogen and oxygen atoms in total. The van der Waals surface area contributed by atoms with Gasteiger partial charge in [-0.1, -0.05) is 12.2 Å². The molecule has 1 aromatic carbocycles. The molecule has 1 saturated carbocycles. The number of aromatic carboxylic acids is 1. The Morgan fingerprint density at radius 1 is 1.04 bits per heavy atom. The number of hydrogen-bond acceptors (Lipinski definition) is 4. The van der Waals surface area contributed by atoms with Crippen molar-refractivity contribution in [3.8, 4) is 5.75 Å². The monoisotopic (exact) mass is 317 g/mol. The maximum absolute atomic E-state index is 12.5. The summed E-state index contributed by atoms with van der Waals surface area (Å²) in [5.74, 6) is -4.85. The summed E-state index contributed by atoms with van der Waals surface area (Å²) in [4.78, 5) is 34.9. The molecule has 4 atom stereocenters. The SMILES string of the molecule is O=C(O)c1cc(NC(=O)C2C3C=CC(C3)C2C(=O)O)ccc1O. The lowest BCUT2D eigenvalue weighted by molar-refractivity contribution is -0.146. The highest BCUT2D eigenvalue weighted by Crippen LogP contribution is 2.48. The van der Waals surface area contributed by atoms with Gasteiger partial charge < -0.3 is 20.6 Å². The van der Waals surface area contributed by atoms with Crippen molar-refractivity contribution >= 4 is 23.5 Å². The van der Waals surface area contributed by atoms with Gasteiger partial charge in [-0.15, -0.1) is 0 Å². The van der Waals surface area contributed by atoms with Gasteiger partial charge in [0.15, 0.2) is 0 Å². The molecule has 23 heavy (non-hydrogen) atoms. The van der Waals surface area contributed by atoms with Gasteiger partial charge in [0.2, 0.25) is 5.91 Å². The van der Waals surface area contributed by atoms with Gasteiger partial charge in [-0.05, 0) is 36.5 Å². The topological polar surface area (TPSA) is 124 Å². The first-order valence-electron chi connectivity index (χ1n) is 7.17. The molecule has 0 spiro atoms. The van der Waals surface area contributed by atoms with Crippen molar-refractivity contribution in [3.63, 3.8) is 0 Å². The Morgan fingerprint density at radius 2 is 1.70 bits per heavy atom. The average Bonchev–Trinajstić information content (AvgIpc) is 3.09. The largest absolute Gasteiger partial charge is 0.507 e. The van der Waals surface area contributed by atoms with Crippen LogP contribution in [0.15, 0.2) is 30.4 Å². The molecule has 2 aliphatic carbocycles. The van der Waals surface area contributed by atoms with Crippen LogP contribution in [0.5, 0.6) is 5.75 Å². The molecule has 7 heteroatoms. The standard InChI is InChI=1S/C16H15NO6/c18-11-4-3-9(6-10(11)15(20)21)17-14(19)12-7-1-2-8(5-7)13(12)16(22)23/h1-4,6-8,12-13,18H,5H2,(H,17,19)(H,20,21)(H,22,23). The number of aliphatic carboxylic acids is 1. The summed E-state index contributed by atoms with van der Waals surface area (Å²) in [7, 11) is 0. The van der Waals surface area contributed by atoms with Gasteiger partial charge in [-0.2, -0.15) is 0 Å². The lowest BCUT2D eigenvalue weighted by Crippen LogP contribution is -2.36. The van der Waals surface area contributed by atoms with Crippen LogP contribution in [0.1, 0.15) is 16.8 Å². The summed E-state index contributed by atoms with van der Waals surface area (Å²) < 4.78 is 0. The number of anilines is 1. The van der Waals surface area contributed by atoms with E-state index in [4.69, 9.17) is 5.11 Å². The van der Waals surface area contributed by atoms with Crippen molar-refractivity contribution in [3.05, 3.63) is 35.9 Å². The minimum Gasteiger partial charge on any atom is -0.507 e. The van der Waals surface area contributed by atoms with E-state index in [1.54, 1.807) is 0 Å². The Morgan fingerprint density at radius 3 is 2.30 bits per heavy atom. The van der Waals surface area contributed by atoms with E-state index in [0.717, 1.165) is 6.07 Å². The molecular formula is C16H15NO6. The molecular weight excluding hydrogens is 302 g/mol. The smallest absolute Gasteiger partial charge is 0.339 e. The van der Waals surface area contributed by atoms with Crippen LogP contribution < -0.4 is 5.32 Å². The van der Waals surface area contributed by atoms with E-state index >= 15 is 0 Å². The lowest BCUT2D eigenvalue weighted by Gasteiger charge is -2.23. The fraction of sp³-hybridized carbons (Fsp3) is 0.312. The Kier molecular flexibility index (Phi) is 3.55. The molecule has 0 saturated heterocycles. The van der Waals surface area contributed by atoms with Gasteiger partial charge in [0.1, 0.15) is 11.3 Å². The van der Waals surface area contributed by atoms with Crippen molar-refractivity contribution in [1.82, 2.24) is 0 Å². The summed E-state index contributed by atoms with van der Waals surface area (Å²) in [6, 6.07) is 3.70. The predicted octanol–water partition coefficient (Wildman–Crippen LogP) is 1.55. The molecule has 2 aliphatic rings. The summed E-state index contributed by atoms with van der Waals surface area (Å²) in [6.07, 6.45) is 4.36. The number of nitrogens with one attached hydrogen (secondary N) is 1. The number of rotatable bonds is 4. The third-order valence-electron chi connectivity index (χ3n) is 4.54. The van der Waals surface area contributed by atoms with Gasteiger partial charge in [0.25, 0.3) is 0 Å². The Bertz CT molecular complexity index is 725. The predicted molar refractivity (Wildman–Crippen MR) is 79.0 cm³/mol. The Hall–Kier alpha value is -2.83. The number of aromatic hydroxyl groups is 1. The second-order valence-electron chi connectivity index (χ2n) is 5.86. The summed E-state index contributed by atoms with van der Waals surface area (Å²) in [6.45, 7) is 0. The van der Waals surface area contributed by atoms with Crippen molar-refractivity contribution in [1.29, 1.82) is 0 Å². The Balaban J connectivity index is 1.82. The number of fused-ring (bicyclic) bond motifs is 2. The number of benzene rings is 1. The summed E-state index contributed by atoms with van der Waals surface area (Å²) in [5.41, 5.74) is -0.119. The van der Waals surface area contributed by atoms with Crippen molar-refractivity contribution in [2.75, 3.05) is 5.32 Å². The molecule has 0 aromatic heterocycles. The van der Waals surface area contributed by atoms with Crippen LogP contribution in [0.3, 0.4) is 0 Å². The van der Waals surface area contributed by atoms with Crippen LogP contribution in [0.25, 0.3) is 0 Å². The van der Waals surface area contributed by atoms with E-state index in [-0.39, 0.29) is 23.1 Å². The van der Waals surface area contributed by atoms with Crippen molar-refractivity contribution in [2.45, 2.75) is 6.42 Å². The molecule has 1 amide bonds. The molecule has 4 N–H and O–H groups in total. The minimum atomic E-state index is -1.31. The quantitative estimate of drug-likeness (QED) is 0.493. The molecule has 0 heterocycles. The Labute approximate surface area is 131 Å². The number of carboxylic acid groups (broad SMARTS) is 2. The van der Waals surface area contributed by atoms with Crippen LogP contribution in [-0.2, 0) is 9.59 Å². The van der Waals surface area contributed by atoms with Crippen LogP contribution in [0, 0.1) is 23.7 Å². The summed E-state index contributed by atoms with van der Waals surface area (Å²) >= 11 is 0. The van der Waals surface area contributed by atoms with Crippen LogP contribution in [-0.4, -0.2) is 33.2 Å². The number of carbonyl (C=O) groups is 3. The van der Waals surface area contributed by atoms with Gasteiger partial charge in [0, 0.05) is 5.69 Å². The first-order valence-corrected chi connectivity index (χ1v) is 7.17. The third-order valence-corrected chi connectivity index (χ3v) is 4.54. The molecule has 1 aromatic rings. The van der Waals surface area contributed by atoms with Crippen LogP contribution in [0.2, 0.25) is 0 Å². The van der Waals surface area contributed by atoms with Crippen molar-refractivity contribution in [2.24, 2.45) is 23.7 Å². The van der Waals surface area contributed by atoms with Gasteiger partial charge in [-0.25, -0.2) is 4.79 Å². The van der Waals surface area contributed by atoms with E-state index in [1.807, 2.05) is 12.2 Å². The maximum atomic E-state index is 12.5. The molecule has 3 rings (SSSR count). The fourth-order valence-corrected chi connectivity index (χ4v) is 3.53. The van der Waals surface area contributed by atoms with Crippen LogP contribution in [0.4, 0.5) is 5.69 Å². The van der Waals surface area contributed by atoms with Gasteiger partial charge in [-0.3, -0.25) is 9.59 Å². The second-order valence-corrected chi connectivity index (χ2v) is 5.86. The van der Waals surface area contributed by atoms with Crippen molar-refractivity contribution < 1.29 is 29.7 Å². The molecule has 4 unspecified atom stereocenters. The molecule has 1 fully saturated rings. The number of carboxylic acids is 2. The lowest BCUT2D eigenvalue weighted by atomic mass is 9.82. The summed E-state index contributed by atoms with van der Waals surface area (Å²) in [5, 5.41) is 30.4. The van der Waals surface area contributed by atoms with E-state index in [1.165, 1.54) is 12.1 Å². The zero-order valence-corrected chi connectivity index (χ0v) is 12.0. The molecule has 2 bridgehead atoms. The number of allylic oxidation sites excluding steroid dienone is 2. The fourth-order valence-electron chi connectivity index (χ4n) is 3.53. The minimum absolute atomic E-state index is 0.114. The van der Waals surface area contributed by atoms with E-state index in [0.29, 0.717) is 6.42 Å². The first-order chi connectivity index (χ1) is 10.9. The van der Waals surface area contributed by atoms with Gasteiger partial charge in [0.05, 0.1) is 11.8 Å². The highest BCUT2D eigenvalue weighted by atomic mass is 16.4. The zero-order valence-electron chi connectivity index (χ0n) is 12.0. The van der Waals surface area contributed by atoms with Crippen LogP contribution >= 0.6 is 0 Å². The first kappa shape index (κ1) is 15.1. The molecule has 120 valence electrons. The van der Waals surface area contributed by atoms with E-state index in [2.05, 4.69) is 5.32 Å².